The number of amides is 2. The van der Waals surface area contributed by atoms with Gasteiger partial charge >= 0.3 is 0 Å². The van der Waals surface area contributed by atoms with Crippen molar-refractivity contribution in [2.24, 2.45) is 0 Å². The molecule has 2 amide bonds. The van der Waals surface area contributed by atoms with Crippen LogP contribution in [0.4, 0.5) is 10.1 Å². The number of halogens is 2. The Bertz CT molecular complexity index is 1170. The van der Waals surface area contributed by atoms with Gasteiger partial charge in [-0.2, -0.15) is 0 Å². The Morgan fingerprint density at radius 2 is 2.21 bits per heavy atom. The number of nitrogens with one attached hydrogen (secondary N) is 1. The maximum Gasteiger partial charge on any atom is 0.264 e. The molecule has 0 unspecified atom stereocenters. The second kappa shape index (κ2) is 10.3. The van der Waals surface area contributed by atoms with Crippen molar-refractivity contribution in [2.45, 2.75) is 6.54 Å². The lowest BCUT2D eigenvalue weighted by molar-refractivity contribution is -0.125. The highest BCUT2D eigenvalue weighted by atomic mass is 35.5. The van der Waals surface area contributed by atoms with E-state index in [0.717, 1.165) is 17.4 Å². The van der Waals surface area contributed by atoms with Crippen LogP contribution in [0.1, 0.15) is 15.6 Å². The third-order valence-electron chi connectivity index (χ3n) is 4.57. The first kappa shape index (κ1) is 23.1. The number of morpholine rings is 1. The second-order valence-electron chi connectivity index (χ2n) is 6.76. The number of hydrogen-bond donors (Lipinski definition) is 2. The molecule has 1 aliphatic heterocycles. The fraction of sp³-hybridized carbons (Fsp3) is 0.300. The first-order valence-electron chi connectivity index (χ1n) is 9.78. The van der Waals surface area contributed by atoms with E-state index in [1.54, 1.807) is 23.1 Å². The van der Waals surface area contributed by atoms with Gasteiger partial charge in [-0.3, -0.25) is 9.59 Å². The lowest BCUT2D eigenvalue weighted by Crippen LogP contribution is -2.41. The van der Waals surface area contributed by atoms with E-state index in [-0.39, 0.29) is 53.3 Å². The molecule has 0 aliphatic carbocycles. The van der Waals surface area contributed by atoms with E-state index < -0.39 is 11.7 Å². The summed E-state index contributed by atoms with van der Waals surface area (Å²) in [6.45, 7) is 0.478. The molecule has 1 aromatic carbocycles. The average Bonchev–Trinajstić information content (AvgIpc) is 3.42. The molecular formula is C20H18ClFN4O6S. The Morgan fingerprint density at radius 1 is 1.36 bits per heavy atom. The molecule has 2 N–H and O–H groups in total. The highest BCUT2D eigenvalue weighted by molar-refractivity contribution is 7.18. The third kappa shape index (κ3) is 5.30. The van der Waals surface area contributed by atoms with E-state index in [2.05, 4.69) is 15.5 Å². The number of carbonyl (C=O) groups excluding carboxylic acids is 2. The van der Waals surface area contributed by atoms with Crippen molar-refractivity contribution >= 4 is 40.4 Å². The summed E-state index contributed by atoms with van der Waals surface area (Å²) in [6.07, 6.45) is 0. The van der Waals surface area contributed by atoms with Gasteiger partial charge in [-0.1, -0.05) is 11.6 Å². The first-order chi connectivity index (χ1) is 16.0. The van der Waals surface area contributed by atoms with Gasteiger partial charge in [0.25, 0.3) is 17.7 Å². The first-order valence-corrected chi connectivity index (χ1v) is 11.0. The minimum absolute atomic E-state index is 0.00506. The molecule has 3 heterocycles. The monoisotopic (exact) mass is 496 g/mol. The number of hydrogen-bond acceptors (Lipinski definition) is 9. The van der Waals surface area contributed by atoms with E-state index >= 15 is 0 Å². The molecule has 0 atom stereocenters. The molecule has 0 bridgehead atoms. The van der Waals surface area contributed by atoms with Gasteiger partial charge in [0, 0.05) is 24.4 Å². The van der Waals surface area contributed by atoms with Crippen molar-refractivity contribution in [2.75, 3.05) is 37.9 Å². The van der Waals surface area contributed by atoms with Crippen molar-refractivity contribution < 1.29 is 33.0 Å². The van der Waals surface area contributed by atoms with E-state index in [4.69, 9.17) is 30.6 Å². The van der Waals surface area contributed by atoms with Crippen LogP contribution in [0.3, 0.4) is 0 Å². The van der Waals surface area contributed by atoms with Gasteiger partial charge in [-0.05, 0) is 12.1 Å². The van der Waals surface area contributed by atoms with Crippen LogP contribution in [0.15, 0.2) is 28.7 Å². The van der Waals surface area contributed by atoms with Crippen LogP contribution in [-0.4, -0.2) is 60.1 Å². The molecule has 33 heavy (non-hydrogen) atoms. The summed E-state index contributed by atoms with van der Waals surface area (Å²) >= 11 is 6.54. The molecule has 10 nitrogen and oxygen atoms in total. The molecule has 0 spiro atoms. The minimum atomic E-state index is -0.710. The summed E-state index contributed by atoms with van der Waals surface area (Å²) < 4.78 is 30.3. The van der Waals surface area contributed by atoms with Gasteiger partial charge in [0.2, 0.25) is 5.89 Å². The molecule has 0 saturated carbocycles. The molecule has 2 aromatic heterocycles. The molecule has 0 radical (unpaired) electrons. The zero-order valence-corrected chi connectivity index (χ0v) is 18.6. The zero-order valence-electron chi connectivity index (χ0n) is 17.0. The van der Waals surface area contributed by atoms with Crippen molar-refractivity contribution in [1.82, 2.24) is 15.5 Å². The number of rotatable bonds is 8. The normalized spacial score (nSPS) is 13.9. The average molecular weight is 497 g/mol. The smallest absolute Gasteiger partial charge is 0.264 e. The summed E-state index contributed by atoms with van der Waals surface area (Å²) in [4.78, 5) is 25.7. The highest BCUT2D eigenvalue weighted by Gasteiger charge is 2.23. The Labute approximate surface area is 195 Å². The Balaban J connectivity index is 1.51. The maximum atomic E-state index is 13.7. The number of ether oxygens (including phenoxy) is 2. The summed E-state index contributed by atoms with van der Waals surface area (Å²) in [6, 6.07) is 6.07. The van der Waals surface area contributed by atoms with Crippen LogP contribution in [0, 0.1) is 5.82 Å². The molecular weight excluding hydrogens is 479 g/mol. The predicted octanol–water partition coefficient (Wildman–Crippen LogP) is 2.25. The molecule has 1 fully saturated rings. The van der Waals surface area contributed by atoms with Crippen LogP contribution >= 0.6 is 22.9 Å². The van der Waals surface area contributed by atoms with Gasteiger partial charge in [0.15, 0.2) is 0 Å². The maximum absolute atomic E-state index is 13.7. The van der Waals surface area contributed by atoms with E-state index in [9.17, 15) is 14.0 Å². The summed E-state index contributed by atoms with van der Waals surface area (Å²) in [5.74, 6) is -1.02. The molecule has 3 aromatic rings. The Kier molecular flexibility index (Phi) is 7.18. The molecule has 13 heteroatoms. The van der Waals surface area contributed by atoms with Crippen molar-refractivity contribution in [3.63, 3.8) is 0 Å². The SMILES string of the molecule is O=C(NCc1nnc(-c2ccc(N3CCOCC3=O)cc2OCCO)o1)c1sc(Cl)cc1F. The number of nitrogens with zero attached hydrogens (tertiary/aromatic N) is 3. The Morgan fingerprint density at radius 3 is 2.94 bits per heavy atom. The van der Waals surface area contributed by atoms with Crippen LogP contribution in [0.2, 0.25) is 4.34 Å². The lowest BCUT2D eigenvalue weighted by atomic mass is 10.1. The van der Waals surface area contributed by atoms with E-state index in [1.165, 1.54) is 0 Å². The van der Waals surface area contributed by atoms with Crippen molar-refractivity contribution in [1.29, 1.82) is 0 Å². The Hall–Kier alpha value is -3.06. The molecule has 4 rings (SSSR count). The van der Waals surface area contributed by atoms with Crippen molar-refractivity contribution in [3.05, 3.63) is 45.2 Å². The largest absolute Gasteiger partial charge is 0.490 e. The highest BCUT2D eigenvalue weighted by Crippen LogP contribution is 2.34. The summed E-state index contributed by atoms with van der Waals surface area (Å²) in [5.41, 5.74) is 1.04. The van der Waals surface area contributed by atoms with Gasteiger partial charge in [-0.25, -0.2) is 4.39 Å². The van der Waals surface area contributed by atoms with Crippen molar-refractivity contribution in [3.8, 4) is 17.2 Å². The lowest BCUT2D eigenvalue weighted by Gasteiger charge is -2.27. The fourth-order valence-electron chi connectivity index (χ4n) is 3.09. The number of thiophene rings is 1. The summed E-state index contributed by atoms with van der Waals surface area (Å²) in [7, 11) is 0. The number of aliphatic hydroxyl groups is 1. The topological polar surface area (TPSA) is 127 Å². The standard InChI is InChI=1S/C20H18ClFN4O6S/c21-15-8-13(22)18(33-15)19(29)23-9-16-24-25-20(32-16)12-2-1-11(7-14(12)31-6-4-27)26-3-5-30-10-17(26)28/h1-2,7-8,27H,3-6,9-10H2,(H,23,29). The molecule has 1 aliphatic rings. The number of aliphatic hydroxyl groups excluding tert-OH is 1. The second-order valence-corrected chi connectivity index (χ2v) is 8.45. The van der Waals surface area contributed by atoms with E-state index in [0.29, 0.717) is 30.2 Å². The van der Waals surface area contributed by atoms with Gasteiger partial charge in [-0.15, -0.1) is 21.5 Å². The predicted molar refractivity (Wildman–Crippen MR) is 116 cm³/mol. The number of carbonyl (C=O) groups is 2. The quantitative estimate of drug-likeness (QED) is 0.486. The van der Waals surface area contributed by atoms with Gasteiger partial charge in [0.05, 0.1) is 29.7 Å². The summed E-state index contributed by atoms with van der Waals surface area (Å²) in [5, 5.41) is 19.5. The van der Waals surface area contributed by atoms with Gasteiger partial charge in [0.1, 0.15) is 29.7 Å². The van der Waals surface area contributed by atoms with Gasteiger partial charge < -0.3 is 29.2 Å². The number of aromatic nitrogens is 2. The van der Waals surface area contributed by atoms with Crippen LogP contribution in [0.5, 0.6) is 5.75 Å². The minimum Gasteiger partial charge on any atom is -0.490 e. The third-order valence-corrected chi connectivity index (χ3v) is 5.81. The molecule has 174 valence electrons. The zero-order chi connectivity index (χ0) is 23.4. The number of benzene rings is 1. The molecule has 1 saturated heterocycles. The number of anilines is 1. The van der Waals surface area contributed by atoms with Crippen LogP contribution in [-0.2, 0) is 16.1 Å². The van der Waals surface area contributed by atoms with E-state index in [1.807, 2.05) is 0 Å². The fourth-order valence-corrected chi connectivity index (χ4v) is 4.09. The van der Waals surface area contributed by atoms with Crippen LogP contribution in [0.25, 0.3) is 11.5 Å². The van der Waals surface area contributed by atoms with Crippen LogP contribution < -0.4 is 15.0 Å².